The van der Waals surface area contributed by atoms with E-state index in [4.69, 9.17) is 23.2 Å². The van der Waals surface area contributed by atoms with Crippen LogP contribution in [0.5, 0.6) is 0 Å². The summed E-state index contributed by atoms with van der Waals surface area (Å²) in [5.74, 6) is -1.04. The maximum atomic E-state index is 11.3. The van der Waals surface area contributed by atoms with Gasteiger partial charge < -0.3 is 4.74 Å². The smallest absolute Gasteiger partial charge is 0.313 e. The summed E-state index contributed by atoms with van der Waals surface area (Å²) >= 11 is 11.6. The quantitative estimate of drug-likeness (QED) is 0.380. The normalized spacial score (nSPS) is 10.5. The zero-order chi connectivity index (χ0) is 14.3. The molecule has 102 valence electrons. The monoisotopic (exact) mass is 302 g/mol. The predicted molar refractivity (Wildman–Crippen MR) is 74.8 cm³/mol. The Morgan fingerprint density at radius 1 is 1.42 bits per heavy atom. The third-order valence-corrected chi connectivity index (χ3v) is 2.50. The summed E-state index contributed by atoms with van der Waals surface area (Å²) in [6.45, 7) is 1.91. The molecule has 0 radical (unpaired) electrons. The highest BCUT2D eigenvalue weighted by molar-refractivity contribution is 6.36. The second-order valence-corrected chi connectivity index (χ2v) is 4.29. The Balaban J connectivity index is 2.49. The Labute approximate surface area is 120 Å². The van der Waals surface area contributed by atoms with E-state index in [1.165, 1.54) is 0 Å². The number of hydrogen-bond acceptors (Lipinski definition) is 5. The van der Waals surface area contributed by atoms with Crippen molar-refractivity contribution in [3.8, 4) is 0 Å². The van der Waals surface area contributed by atoms with Crippen LogP contribution in [0.2, 0.25) is 10.0 Å². The third kappa shape index (κ3) is 5.72. The van der Waals surface area contributed by atoms with Gasteiger partial charge in [0.1, 0.15) is 6.42 Å². The number of esters is 1. The number of rotatable bonds is 6. The van der Waals surface area contributed by atoms with Crippen LogP contribution in [-0.2, 0) is 14.3 Å². The molecule has 1 aromatic rings. The highest BCUT2D eigenvalue weighted by Crippen LogP contribution is 2.25. The van der Waals surface area contributed by atoms with E-state index in [0.29, 0.717) is 15.7 Å². The van der Waals surface area contributed by atoms with Gasteiger partial charge in [0.15, 0.2) is 5.78 Å². The molecule has 0 saturated carbocycles. The van der Waals surface area contributed by atoms with Crippen molar-refractivity contribution in [2.75, 3.05) is 12.0 Å². The average molecular weight is 303 g/mol. The Kier molecular flexibility index (Phi) is 6.32. The molecule has 0 heterocycles. The van der Waals surface area contributed by atoms with Gasteiger partial charge in [-0.25, -0.2) is 0 Å². The molecule has 5 nitrogen and oxygen atoms in total. The molecule has 0 unspecified atom stereocenters. The minimum atomic E-state index is -0.580. The molecule has 0 fully saturated rings. The molecule has 0 aliphatic heterocycles. The SMILES string of the molecule is CCOC(=O)CC(=O)C=NNc1ccc(Cl)cc1Cl. The maximum Gasteiger partial charge on any atom is 0.313 e. The molecule has 7 heteroatoms. The molecule has 1 rings (SSSR count). The number of carbonyl (C=O) groups excluding carboxylic acids is 2. The van der Waals surface area contributed by atoms with Gasteiger partial charge in [-0.05, 0) is 25.1 Å². The minimum Gasteiger partial charge on any atom is -0.466 e. The van der Waals surface area contributed by atoms with Crippen LogP contribution in [0.15, 0.2) is 23.3 Å². The van der Waals surface area contributed by atoms with Gasteiger partial charge in [-0.15, -0.1) is 0 Å². The summed E-state index contributed by atoms with van der Waals surface area (Å²) in [6.07, 6.45) is 0.662. The number of ether oxygens (including phenoxy) is 1. The zero-order valence-electron chi connectivity index (χ0n) is 10.2. The molecule has 0 saturated heterocycles. The summed E-state index contributed by atoms with van der Waals surface area (Å²) in [5, 5.41) is 4.56. The van der Waals surface area contributed by atoms with Gasteiger partial charge in [0.2, 0.25) is 0 Å². The fraction of sp³-hybridized carbons (Fsp3) is 0.250. The van der Waals surface area contributed by atoms with Crippen molar-refractivity contribution in [1.29, 1.82) is 0 Å². The average Bonchev–Trinajstić information content (AvgIpc) is 2.32. The number of ketones is 1. The van der Waals surface area contributed by atoms with Gasteiger partial charge in [0.05, 0.1) is 23.5 Å². The first-order chi connectivity index (χ1) is 9.02. The first kappa shape index (κ1) is 15.5. The summed E-state index contributed by atoms with van der Waals surface area (Å²) in [6, 6.07) is 4.80. The zero-order valence-corrected chi connectivity index (χ0v) is 11.7. The molecule has 0 atom stereocenters. The van der Waals surface area contributed by atoms with Gasteiger partial charge in [0, 0.05) is 5.02 Å². The van der Waals surface area contributed by atoms with Crippen molar-refractivity contribution >= 4 is 46.9 Å². The van der Waals surface area contributed by atoms with Crippen molar-refractivity contribution in [3.63, 3.8) is 0 Å². The van der Waals surface area contributed by atoms with Gasteiger partial charge in [-0.1, -0.05) is 23.2 Å². The number of hydrazone groups is 1. The molecular formula is C12H12Cl2N2O3. The van der Waals surface area contributed by atoms with Crippen LogP contribution >= 0.6 is 23.2 Å². The Morgan fingerprint density at radius 2 is 2.16 bits per heavy atom. The number of Topliss-reactive ketones (excluding diaryl/α,β-unsaturated/α-hetero) is 1. The number of benzene rings is 1. The summed E-state index contributed by atoms with van der Waals surface area (Å²) in [7, 11) is 0. The first-order valence-electron chi connectivity index (χ1n) is 5.45. The van der Waals surface area contributed by atoms with E-state index in [9.17, 15) is 9.59 Å². The van der Waals surface area contributed by atoms with Crippen LogP contribution in [0.4, 0.5) is 5.69 Å². The van der Waals surface area contributed by atoms with E-state index in [1.807, 2.05) is 0 Å². The van der Waals surface area contributed by atoms with Crippen LogP contribution in [0.1, 0.15) is 13.3 Å². The van der Waals surface area contributed by atoms with E-state index >= 15 is 0 Å². The molecule has 1 N–H and O–H groups in total. The minimum absolute atomic E-state index is 0.238. The van der Waals surface area contributed by atoms with Crippen LogP contribution < -0.4 is 5.43 Å². The second kappa shape index (κ2) is 7.76. The first-order valence-corrected chi connectivity index (χ1v) is 6.21. The number of halogens is 2. The van der Waals surface area contributed by atoms with Crippen molar-refractivity contribution in [1.82, 2.24) is 0 Å². The summed E-state index contributed by atoms with van der Waals surface area (Å²) in [5.41, 5.74) is 3.09. The molecule has 0 spiro atoms. The highest BCUT2D eigenvalue weighted by Gasteiger charge is 2.07. The van der Waals surface area contributed by atoms with Crippen molar-refractivity contribution in [3.05, 3.63) is 28.2 Å². The van der Waals surface area contributed by atoms with Crippen LogP contribution in [0.3, 0.4) is 0 Å². The highest BCUT2D eigenvalue weighted by atomic mass is 35.5. The predicted octanol–water partition coefficient (Wildman–Crippen LogP) is 2.91. The fourth-order valence-electron chi connectivity index (χ4n) is 1.15. The number of nitrogens with one attached hydrogen (secondary N) is 1. The van der Waals surface area contributed by atoms with E-state index in [2.05, 4.69) is 15.3 Å². The van der Waals surface area contributed by atoms with E-state index in [-0.39, 0.29) is 13.0 Å². The van der Waals surface area contributed by atoms with E-state index in [1.54, 1.807) is 25.1 Å². The molecular weight excluding hydrogens is 291 g/mol. The molecule has 0 aliphatic rings. The molecule has 1 aromatic carbocycles. The molecule has 0 bridgehead atoms. The maximum absolute atomic E-state index is 11.3. The Morgan fingerprint density at radius 3 is 2.79 bits per heavy atom. The van der Waals surface area contributed by atoms with Gasteiger partial charge in [-0.3, -0.25) is 15.0 Å². The van der Waals surface area contributed by atoms with E-state index < -0.39 is 11.8 Å². The van der Waals surface area contributed by atoms with Crippen LogP contribution in [-0.4, -0.2) is 24.6 Å². The number of anilines is 1. The van der Waals surface area contributed by atoms with Crippen molar-refractivity contribution < 1.29 is 14.3 Å². The lowest BCUT2D eigenvalue weighted by molar-refractivity contribution is -0.144. The number of nitrogens with zero attached hydrogens (tertiary/aromatic N) is 1. The fourth-order valence-corrected chi connectivity index (χ4v) is 1.60. The van der Waals surface area contributed by atoms with Gasteiger partial charge in [-0.2, -0.15) is 5.10 Å². The second-order valence-electron chi connectivity index (χ2n) is 3.44. The lowest BCUT2D eigenvalue weighted by Gasteiger charge is -2.02. The van der Waals surface area contributed by atoms with Crippen LogP contribution in [0.25, 0.3) is 0 Å². The topological polar surface area (TPSA) is 67.8 Å². The summed E-state index contributed by atoms with van der Waals surface area (Å²) < 4.78 is 4.63. The number of carbonyl (C=O) groups is 2. The lowest BCUT2D eigenvalue weighted by Crippen LogP contribution is -2.12. The third-order valence-electron chi connectivity index (χ3n) is 1.95. The van der Waals surface area contributed by atoms with Crippen LogP contribution in [0, 0.1) is 0 Å². The number of hydrogen-bond donors (Lipinski definition) is 1. The van der Waals surface area contributed by atoms with Crippen molar-refractivity contribution in [2.45, 2.75) is 13.3 Å². The molecule has 0 aliphatic carbocycles. The van der Waals surface area contributed by atoms with Crippen molar-refractivity contribution in [2.24, 2.45) is 5.10 Å². The van der Waals surface area contributed by atoms with Gasteiger partial charge in [0.25, 0.3) is 0 Å². The molecule has 19 heavy (non-hydrogen) atoms. The largest absolute Gasteiger partial charge is 0.466 e. The standard InChI is InChI=1S/C12H12Cl2N2O3/c1-2-19-12(18)6-9(17)7-15-16-11-4-3-8(13)5-10(11)14/h3-5,7,16H,2,6H2,1H3. The van der Waals surface area contributed by atoms with E-state index in [0.717, 1.165) is 6.21 Å². The Bertz CT molecular complexity index is 504. The lowest BCUT2D eigenvalue weighted by atomic mass is 10.3. The Hall–Kier alpha value is -1.59. The molecule has 0 amide bonds. The summed E-state index contributed by atoms with van der Waals surface area (Å²) in [4.78, 5) is 22.3. The molecule has 0 aromatic heterocycles. The van der Waals surface area contributed by atoms with Gasteiger partial charge >= 0.3 is 5.97 Å².